The van der Waals surface area contributed by atoms with Gasteiger partial charge in [-0.05, 0) is 38.0 Å². The second-order valence-electron chi connectivity index (χ2n) is 6.35. The van der Waals surface area contributed by atoms with Crippen molar-refractivity contribution < 1.29 is 12.8 Å². The molecule has 0 aromatic heterocycles. The zero-order valence-electron chi connectivity index (χ0n) is 14.3. The maximum Gasteiger partial charge on any atom is 0.193 e. The van der Waals surface area contributed by atoms with Gasteiger partial charge in [0, 0.05) is 26.7 Å². The van der Waals surface area contributed by atoms with Crippen LogP contribution in [0, 0.1) is 5.82 Å². The van der Waals surface area contributed by atoms with Gasteiger partial charge in [-0.25, -0.2) is 12.8 Å². The van der Waals surface area contributed by atoms with E-state index in [1.54, 1.807) is 27.0 Å². The summed E-state index contributed by atoms with van der Waals surface area (Å²) in [5.41, 5.74) is 0.912. The predicted molar refractivity (Wildman–Crippen MR) is 106 cm³/mol. The number of guanidine groups is 1. The zero-order chi connectivity index (χ0) is 17.1. The first-order valence-electron chi connectivity index (χ1n) is 7.67. The molecule has 1 aliphatic heterocycles. The molecule has 1 N–H and O–H groups in total. The molecule has 1 fully saturated rings. The van der Waals surface area contributed by atoms with Crippen molar-refractivity contribution in [3.63, 3.8) is 0 Å². The van der Waals surface area contributed by atoms with E-state index in [4.69, 9.17) is 0 Å². The maximum atomic E-state index is 13.2. The molecule has 2 rings (SSSR count). The van der Waals surface area contributed by atoms with Crippen LogP contribution >= 0.6 is 24.0 Å². The Morgan fingerprint density at radius 1 is 1.42 bits per heavy atom. The molecule has 1 heterocycles. The molecule has 8 heteroatoms. The van der Waals surface area contributed by atoms with Crippen molar-refractivity contribution in [2.24, 2.45) is 4.99 Å². The van der Waals surface area contributed by atoms with Crippen LogP contribution in [-0.2, 0) is 16.3 Å². The largest absolute Gasteiger partial charge is 0.356 e. The molecule has 0 bridgehead atoms. The first-order valence-corrected chi connectivity index (χ1v) is 9.33. The van der Waals surface area contributed by atoms with Gasteiger partial charge in [0.2, 0.25) is 0 Å². The van der Waals surface area contributed by atoms with Gasteiger partial charge < -0.3 is 10.2 Å². The van der Waals surface area contributed by atoms with Crippen LogP contribution in [0.4, 0.5) is 4.39 Å². The van der Waals surface area contributed by atoms with Crippen molar-refractivity contribution >= 4 is 39.8 Å². The van der Waals surface area contributed by atoms with E-state index in [1.165, 1.54) is 12.1 Å². The predicted octanol–water partition coefficient (Wildman–Crippen LogP) is 2.07. The average Bonchev–Trinajstić information content (AvgIpc) is 2.47. The Balaban J connectivity index is 0.00000288. The molecule has 0 aliphatic carbocycles. The van der Waals surface area contributed by atoms with Crippen molar-refractivity contribution in [1.82, 2.24) is 10.2 Å². The molecule has 1 saturated heterocycles. The fourth-order valence-corrected chi connectivity index (χ4v) is 4.03. The highest BCUT2D eigenvalue weighted by atomic mass is 127. The molecule has 0 atom stereocenters. The molecule has 1 aromatic rings. The Morgan fingerprint density at radius 2 is 2.12 bits per heavy atom. The van der Waals surface area contributed by atoms with Gasteiger partial charge in [-0.2, -0.15) is 0 Å². The fraction of sp³-hybridized carbons (Fsp3) is 0.562. The molecule has 0 amide bonds. The Morgan fingerprint density at radius 3 is 2.71 bits per heavy atom. The second kappa shape index (κ2) is 8.46. The van der Waals surface area contributed by atoms with E-state index >= 15 is 0 Å². The van der Waals surface area contributed by atoms with E-state index < -0.39 is 14.6 Å². The average molecular weight is 469 g/mol. The van der Waals surface area contributed by atoms with E-state index in [9.17, 15) is 12.8 Å². The van der Waals surface area contributed by atoms with Crippen LogP contribution in [0.1, 0.15) is 19.4 Å². The van der Waals surface area contributed by atoms with E-state index in [1.807, 2.05) is 11.0 Å². The molecular weight excluding hydrogens is 444 g/mol. The van der Waals surface area contributed by atoms with Crippen molar-refractivity contribution in [2.75, 3.05) is 32.4 Å². The molecule has 1 aliphatic rings. The summed E-state index contributed by atoms with van der Waals surface area (Å²) in [4.78, 5) is 6.20. The Hall–Kier alpha value is -0.900. The number of hydrogen-bond donors (Lipinski definition) is 1. The lowest BCUT2D eigenvalue weighted by molar-refractivity contribution is 0.353. The third kappa shape index (κ3) is 5.05. The van der Waals surface area contributed by atoms with Crippen LogP contribution in [0.25, 0.3) is 0 Å². The normalized spacial score (nSPS) is 19.5. The lowest BCUT2D eigenvalue weighted by Gasteiger charge is -2.39. The second-order valence-corrected chi connectivity index (χ2v) is 9.10. The van der Waals surface area contributed by atoms with Crippen LogP contribution in [-0.4, -0.2) is 56.5 Å². The van der Waals surface area contributed by atoms with Gasteiger partial charge >= 0.3 is 0 Å². The molecule has 0 unspecified atom stereocenters. The van der Waals surface area contributed by atoms with Gasteiger partial charge in [-0.3, -0.25) is 4.99 Å². The highest BCUT2D eigenvalue weighted by molar-refractivity contribution is 14.0. The van der Waals surface area contributed by atoms with Gasteiger partial charge in [0.25, 0.3) is 0 Å². The number of nitrogens with zero attached hydrogens (tertiary/aromatic N) is 2. The van der Waals surface area contributed by atoms with E-state index in [0.29, 0.717) is 32.0 Å². The summed E-state index contributed by atoms with van der Waals surface area (Å²) < 4.78 is 36.5. The van der Waals surface area contributed by atoms with E-state index in [-0.39, 0.29) is 35.5 Å². The molecule has 0 radical (unpaired) electrons. The molecule has 0 saturated carbocycles. The SMILES string of the molecule is CN=C(NCCc1cccc(F)c1)N1CCS(=O)(=O)C(C)(C)C1.I. The quantitative estimate of drug-likeness (QED) is 0.419. The minimum atomic E-state index is -3.07. The topological polar surface area (TPSA) is 61.8 Å². The van der Waals surface area contributed by atoms with Crippen LogP contribution in [0.5, 0.6) is 0 Å². The fourth-order valence-electron chi connectivity index (χ4n) is 2.67. The first-order chi connectivity index (χ1) is 10.7. The van der Waals surface area contributed by atoms with E-state index in [0.717, 1.165) is 5.56 Å². The number of rotatable bonds is 3. The molecule has 24 heavy (non-hydrogen) atoms. The van der Waals surface area contributed by atoms with Crippen LogP contribution in [0.3, 0.4) is 0 Å². The molecular formula is C16H25FIN3O2S. The number of aliphatic imine (C=N–C) groups is 1. The monoisotopic (exact) mass is 469 g/mol. The number of nitrogens with one attached hydrogen (secondary N) is 1. The standard InChI is InChI=1S/C16H24FN3O2S.HI/c1-16(2)12-20(9-10-23(16,21)22)15(18-3)19-8-7-13-5-4-6-14(17)11-13;/h4-6,11H,7-10,12H2,1-3H3,(H,18,19);1H. The smallest absolute Gasteiger partial charge is 0.193 e. The summed E-state index contributed by atoms with van der Waals surface area (Å²) in [5, 5.41) is 3.23. The van der Waals surface area contributed by atoms with Gasteiger partial charge in [0.05, 0.1) is 10.5 Å². The minimum absolute atomic E-state index is 0. The Kier molecular flexibility index (Phi) is 7.45. The molecule has 5 nitrogen and oxygen atoms in total. The van der Waals surface area contributed by atoms with Crippen molar-refractivity contribution in [3.8, 4) is 0 Å². The summed E-state index contributed by atoms with van der Waals surface area (Å²) in [7, 11) is -1.39. The van der Waals surface area contributed by atoms with Crippen molar-refractivity contribution in [3.05, 3.63) is 35.6 Å². The van der Waals surface area contributed by atoms with Gasteiger partial charge in [-0.1, -0.05) is 12.1 Å². The van der Waals surface area contributed by atoms with Gasteiger partial charge in [-0.15, -0.1) is 24.0 Å². The number of sulfone groups is 1. The summed E-state index contributed by atoms with van der Waals surface area (Å²) in [6, 6.07) is 6.51. The maximum absolute atomic E-state index is 13.2. The van der Waals surface area contributed by atoms with Crippen LogP contribution in [0.15, 0.2) is 29.3 Å². The summed E-state index contributed by atoms with van der Waals surface area (Å²) in [5.74, 6) is 0.573. The highest BCUT2D eigenvalue weighted by Gasteiger charge is 2.40. The van der Waals surface area contributed by atoms with Crippen LogP contribution in [0.2, 0.25) is 0 Å². The van der Waals surface area contributed by atoms with Gasteiger partial charge in [0.15, 0.2) is 15.8 Å². The summed E-state index contributed by atoms with van der Waals surface area (Å²) in [6.07, 6.45) is 0.673. The van der Waals surface area contributed by atoms with E-state index in [2.05, 4.69) is 10.3 Å². The Labute approximate surface area is 160 Å². The van der Waals surface area contributed by atoms with Crippen molar-refractivity contribution in [2.45, 2.75) is 25.0 Å². The number of benzene rings is 1. The Bertz CT molecular complexity index is 692. The summed E-state index contributed by atoms with van der Waals surface area (Å²) in [6.45, 7) is 4.95. The first kappa shape index (κ1) is 21.1. The molecule has 1 aromatic carbocycles. The zero-order valence-corrected chi connectivity index (χ0v) is 17.4. The number of halogens is 2. The lowest BCUT2D eigenvalue weighted by atomic mass is 10.1. The summed E-state index contributed by atoms with van der Waals surface area (Å²) >= 11 is 0. The molecule has 136 valence electrons. The highest BCUT2D eigenvalue weighted by Crippen LogP contribution is 2.23. The molecule has 0 spiro atoms. The minimum Gasteiger partial charge on any atom is -0.356 e. The number of hydrogen-bond acceptors (Lipinski definition) is 3. The third-order valence-corrected chi connectivity index (χ3v) is 6.67. The van der Waals surface area contributed by atoms with Gasteiger partial charge in [0.1, 0.15) is 5.82 Å². The van der Waals surface area contributed by atoms with Crippen molar-refractivity contribution in [1.29, 1.82) is 0 Å². The van der Waals surface area contributed by atoms with Crippen LogP contribution < -0.4 is 5.32 Å². The lowest BCUT2D eigenvalue weighted by Crippen LogP contribution is -2.57. The third-order valence-electron chi connectivity index (χ3n) is 4.14.